The maximum atomic E-state index is 12.4. The summed E-state index contributed by atoms with van der Waals surface area (Å²) in [4.78, 5) is 3.85. The normalized spacial score (nSPS) is 20.8. The van der Waals surface area contributed by atoms with E-state index < -0.39 is 15.6 Å². The zero-order valence-electron chi connectivity index (χ0n) is 10.3. The van der Waals surface area contributed by atoms with E-state index in [2.05, 4.69) is 4.98 Å². The zero-order chi connectivity index (χ0) is 13.4. The van der Waals surface area contributed by atoms with Crippen LogP contribution >= 0.6 is 11.6 Å². The number of nitrogens with zero attached hydrogens (tertiary/aromatic N) is 2. The SMILES string of the molecule is CC1(C)CN(S(=O)(=O)c2cccnc2Cl)CCO1. The summed E-state index contributed by atoms with van der Waals surface area (Å²) in [5.41, 5.74) is -0.486. The third kappa shape index (κ3) is 2.66. The van der Waals surface area contributed by atoms with Crippen LogP contribution in [0, 0.1) is 0 Å². The van der Waals surface area contributed by atoms with Gasteiger partial charge in [-0.2, -0.15) is 4.31 Å². The highest BCUT2D eigenvalue weighted by Gasteiger charge is 2.35. The maximum absolute atomic E-state index is 12.4. The van der Waals surface area contributed by atoms with Crippen LogP contribution in [0.2, 0.25) is 5.15 Å². The standard InChI is InChI=1S/C11H15ClN2O3S/c1-11(2)8-14(6-7-17-11)18(15,16)9-4-3-5-13-10(9)12/h3-5H,6-8H2,1-2H3. The van der Waals surface area contributed by atoms with Gasteiger partial charge in [0.1, 0.15) is 10.0 Å². The van der Waals surface area contributed by atoms with Crippen molar-refractivity contribution in [2.45, 2.75) is 24.3 Å². The third-order valence-electron chi connectivity index (χ3n) is 2.73. The molecule has 0 aromatic carbocycles. The summed E-state index contributed by atoms with van der Waals surface area (Å²) in [6, 6.07) is 3.03. The van der Waals surface area contributed by atoms with Crippen molar-refractivity contribution >= 4 is 21.6 Å². The first-order valence-electron chi connectivity index (χ1n) is 5.57. The van der Waals surface area contributed by atoms with E-state index in [1.807, 2.05) is 13.8 Å². The summed E-state index contributed by atoms with van der Waals surface area (Å²) in [6.07, 6.45) is 1.46. The van der Waals surface area contributed by atoms with Crippen LogP contribution in [0.3, 0.4) is 0 Å². The molecule has 0 amide bonds. The molecule has 5 nitrogen and oxygen atoms in total. The van der Waals surface area contributed by atoms with Crippen LogP contribution in [0.4, 0.5) is 0 Å². The summed E-state index contributed by atoms with van der Waals surface area (Å²) in [5, 5.41) is 0.00166. The molecule has 1 aromatic rings. The Kier molecular flexibility index (Phi) is 3.64. The minimum Gasteiger partial charge on any atom is -0.373 e. The molecule has 1 aromatic heterocycles. The Morgan fingerprint density at radius 2 is 2.22 bits per heavy atom. The van der Waals surface area contributed by atoms with Crippen LogP contribution in [0.15, 0.2) is 23.2 Å². The Hall–Kier alpha value is -0.690. The molecule has 0 atom stereocenters. The van der Waals surface area contributed by atoms with E-state index in [0.717, 1.165) is 0 Å². The maximum Gasteiger partial charge on any atom is 0.246 e. The lowest BCUT2D eigenvalue weighted by molar-refractivity contribution is -0.0640. The van der Waals surface area contributed by atoms with Crippen molar-refractivity contribution in [3.05, 3.63) is 23.5 Å². The predicted molar refractivity (Wildman–Crippen MR) is 68.0 cm³/mol. The Morgan fingerprint density at radius 1 is 1.50 bits per heavy atom. The van der Waals surface area contributed by atoms with Crippen molar-refractivity contribution in [2.75, 3.05) is 19.7 Å². The second kappa shape index (κ2) is 4.77. The second-order valence-electron chi connectivity index (χ2n) is 4.74. The summed E-state index contributed by atoms with van der Waals surface area (Å²) in [5.74, 6) is 0. The minimum absolute atomic E-state index is 0.00166. The number of sulfonamides is 1. The van der Waals surface area contributed by atoms with Gasteiger partial charge in [-0.15, -0.1) is 0 Å². The molecular formula is C11H15ClN2O3S. The number of morpholine rings is 1. The Morgan fingerprint density at radius 3 is 2.83 bits per heavy atom. The Labute approximate surface area is 112 Å². The third-order valence-corrected chi connectivity index (χ3v) is 5.02. The summed E-state index contributed by atoms with van der Waals surface area (Å²) in [7, 11) is -3.60. The van der Waals surface area contributed by atoms with Gasteiger partial charge in [0.2, 0.25) is 10.0 Å². The average molecular weight is 291 g/mol. The van der Waals surface area contributed by atoms with Gasteiger partial charge in [0.05, 0.1) is 12.2 Å². The molecule has 1 saturated heterocycles. The van der Waals surface area contributed by atoms with Crippen molar-refractivity contribution in [1.29, 1.82) is 0 Å². The topological polar surface area (TPSA) is 59.5 Å². The molecule has 2 rings (SSSR count). The first-order valence-corrected chi connectivity index (χ1v) is 7.39. The van der Waals surface area contributed by atoms with Gasteiger partial charge in [-0.25, -0.2) is 13.4 Å². The summed E-state index contributed by atoms with van der Waals surface area (Å²) >= 11 is 5.85. The van der Waals surface area contributed by atoms with E-state index in [4.69, 9.17) is 16.3 Å². The molecule has 0 saturated carbocycles. The first-order chi connectivity index (χ1) is 8.33. The van der Waals surface area contributed by atoms with Crippen LogP contribution in [-0.2, 0) is 14.8 Å². The molecule has 100 valence electrons. The molecule has 0 spiro atoms. The zero-order valence-corrected chi connectivity index (χ0v) is 11.8. The predicted octanol–water partition coefficient (Wildman–Crippen LogP) is 1.53. The summed E-state index contributed by atoms with van der Waals surface area (Å²) < 4.78 is 31.8. The lowest BCUT2D eigenvalue weighted by Gasteiger charge is -2.37. The van der Waals surface area contributed by atoms with Crippen molar-refractivity contribution in [2.24, 2.45) is 0 Å². The van der Waals surface area contributed by atoms with Gasteiger partial charge in [0.25, 0.3) is 0 Å². The van der Waals surface area contributed by atoms with E-state index in [9.17, 15) is 8.42 Å². The highest BCUT2D eigenvalue weighted by Crippen LogP contribution is 2.26. The van der Waals surface area contributed by atoms with Crippen LogP contribution in [-0.4, -0.2) is 43.0 Å². The number of rotatable bonds is 2. The minimum atomic E-state index is -3.60. The lowest BCUT2D eigenvalue weighted by atomic mass is 10.1. The molecule has 1 aliphatic heterocycles. The molecule has 0 aliphatic carbocycles. The van der Waals surface area contributed by atoms with E-state index in [1.165, 1.54) is 16.6 Å². The van der Waals surface area contributed by atoms with Gasteiger partial charge in [0, 0.05) is 19.3 Å². The number of aromatic nitrogens is 1. The largest absolute Gasteiger partial charge is 0.373 e. The van der Waals surface area contributed by atoms with Crippen LogP contribution in [0.1, 0.15) is 13.8 Å². The van der Waals surface area contributed by atoms with Crippen LogP contribution in [0.25, 0.3) is 0 Å². The quantitative estimate of drug-likeness (QED) is 0.775. The molecule has 2 heterocycles. The fourth-order valence-electron chi connectivity index (χ4n) is 1.88. The molecular weight excluding hydrogens is 276 g/mol. The van der Waals surface area contributed by atoms with Gasteiger partial charge in [0.15, 0.2) is 0 Å². The molecule has 0 radical (unpaired) electrons. The molecule has 1 aliphatic rings. The molecule has 18 heavy (non-hydrogen) atoms. The van der Waals surface area contributed by atoms with Crippen molar-refractivity contribution in [1.82, 2.24) is 9.29 Å². The smallest absolute Gasteiger partial charge is 0.246 e. The van der Waals surface area contributed by atoms with Crippen molar-refractivity contribution in [3.63, 3.8) is 0 Å². The van der Waals surface area contributed by atoms with Crippen molar-refractivity contribution in [3.8, 4) is 0 Å². The van der Waals surface area contributed by atoms with E-state index in [-0.39, 0.29) is 10.0 Å². The molecule has 0 N–H and O–H groups in total. The van der Waals surface area contributed by atoms with Gasteiger partial charge in [-0.3, -0.25) is 0 Å². The second-order valence-corrected chi connectivity index (χ2v) is 7.00. The van der Waals surface area contributed by atoms with E-state index in [0.29, 0.717) is 19.7 Å². The average Bonchev–Trinajstić information content (AvgIpc) is 2.28. The van der Waals surface area contributed by atoms with Gasteiger partial charge in [-0.1, -0.05) is 11.6 Å². The number of halogens is 1. The first kappa shape index (κ1) is 13.7. The van der Waals surface area contributed by atoms with Gasteiger partial charge < -0.3 is 4.74 Å². The highest BCUT2D eigenvalue weighted by molar-refractivity contribution is 7.89. The monoisotopic (exact) mass is 290 g/mol. The molecule has 7 heteroatoms. The van der Waals surface area contributed by atoms with Crippen molar-refractivity contribution < 1.29 is 13.2 Å². The summed E-state index contributed by atoms with van der Waals surface area (Å²) in [6.45, 7) is 4.74. The van der Waals surface area contributed by atoms with Crippen LogP contribution < -0.4 is 0 Å². The lowest BCUT2D eigenvalue weighted by Crippen LogP contribution is -2.50. The van der Waals surface area contributed by atoms with Gasteiger partial charge >= 0.3 is 0 Å². The molecule has 1 fully saturated rings. The number of hydrogen-bond acceptors (Lipinski definition) is 4. The number of hydrogen-bond donors (Lipinski definition) is 0. The van der Waals surface area contributed by atoms with Gasteiger partial charge in [-0.05, 0) is 26.0 Å². The molecule has 0 unspecified atom stereocenters. The number of ether oxygens (including phenoxy) is 1. The number of pyridine rings is 1. The highest BCUT2D eigenvalue weighted by atomic mass is 35.5. The Balaban J connectivity index is 2.35. The Bertz CT molecular complexity index is 545. The fraction of sp³-hybridized carbons (Fsp3) is 0.545. The van der Waals surface area contributed by atoms with Crippen LogP contribution in [0.5, 0.6) is 0 Å². The fourth-order valence-corrected chi connectivity index (χ4v) is 3.88. The van der Waals surface area contributed by atoms with E-state index >= 15 is 0 Å². The molecule has 0 bridgehead atoms. The van der Waals surface area contributed by atoms with E-state index in [1.54, 1.807) is 6.07 Å².